The largest absolute Gasteiger partial charge is 0.350 e. The van der Waals surface area contributed by atoms with E-state index in [2.05, 4.69) is 11.9 Å². The number of nitrogens with one attached hydrogen (secondary N) is 1. The van der Waals surface area contributed by atoms with E-state index in [4.69, 9.17) is 9.47 Å². The van der Waals surface area contributed by atoms with E-state index >= 15 is 0 Å². The molecule has 0 aromatic heterocycles. The van der Waals surface area contributed by atoms with Crippen molar-refractivity contribution in [3.8, 4) is 0 Å². The summed E-state index contributed by atoms with van der Waals surface area (Å²) < 4.78 is 11.7. The predicted molar refractivity (Wildman–Crippen MR) is 98.1 cm³/mol. The maximum absolute atomic E-state index is 12.3. The first-order chi connectivity index (χ1) is 12.1. The van der Waals surface area contributed by atoms with Gasteiger partial charge in [0.1, 0.15) is 0 Å². The molecule has 3 atom stereocenters. The van der Waals surface area contributed by atoms with E-state index in [1.54, 1.807) is 12.1 Å². The van der Waals surface area contributed by atoms with E-state index in [0.29, 0.717) is 18.6 Å². The molecule has 1 amide bonds. The first-order valence-corrected chi connectivity index (χ1v) is 8.49. The first kappa shape index (κ1) is 17.4. The van der Waals surface area contributed by atoms with E-state index in [-0.39, 0.29) is 24.3 Å². The normalized spacial score (nSPS) is 23.0. The third kappa shape index (κ3) is 4.56. The monoisotopic (exact) mass is 337 g/mol. The van der Waals surface area contributed by atoms with Crippen molar-refractivity contribution in [2.75, 3.05) is 6.61 Å². The summed E-state index contributed by atoms with van der Waals surface area (Å²) in [7, 11) is 0. The van der Waals surface area contributed by atoms with Gasteiger partial charge in [-0.25, -0.2) is 0 Å². The molecule has 2 aromatic rings. The fraction of sp³-hybridized carbons (Fsp3) is 0.286. The second-order valence-electron chi connectivity index (χ2n) is 6.22. The van der Waals surface area contributed by atoms with Gasteiger partial charge in [-0.15, -0.1) is 0 Å². The number of carbonyl (C=O) groups is 1. The van der Waals surface area contributed by atoms with E-state index in [1.807, 2.05) is 55.5 Å². The van der Waals surface area contributed by atoms with Gasteiger partial charge in [-0.3, -0.25) is 4.79 Å². The van der Waals surface area contributed by atoms with Crippen LogP contribution in [0.15, 0.2) is 67.2 Å². The second kappa shape index (κ2) is 8.10. The van der Waals surface area contributed by atoms with Gasteiger partial charge in [0.25, 0.3) is 5.91 Å². The Hall–Kier alpha value is -2.43. The summed E-state index contributed by atoms with van der Waals surface area (Å²) in [5, 5.41) is 2.98. The van der Waals surface area contributed by atoms with Gasteiger partial charge in [-0.05, 0) is 30.2 Å². The van der Waals surface area contributed by atoms with Crippen molar-refractivity contribution in [3.05, 3.63) is 78.4 Å². The molecule has 1 aliphatic heterocycles. The highest BCUT2D eigenvalue weighted by molar-refractivity contribution is 5.94. The Balaban J connectivity index is 1.52. The third-order valence-corrected chi connectivity index (χ3v) is 4.34. The van der Waals surface area contributed by atoms with Crippen LogP contribution in [0.5, 0.6) is 0 Å². The lowest BCUT2D eigenvalue weighted by atomic mass is 10.0. The molecule has 1 fully saturated rings. The van der Waals surface area contributed by atoms with Crippen molar-refractivity contribution in [2.24, 2.45) is 0 Å². The molecule has 1 saturated heterocycles. The zero-order valence-corrected chi connectivity index (χ0v) is 14.4. The summed E-state index contributed by atoms with van der Waals surface area (Å²) in [6.45, 7) is 6.50. The summed E-state index contributed by atoms with van der Waals surface area (Å²) in [4.78, 5) is 12.3. The van der Waals surface area contributed by atoms with Crippen LogP contribution in [0.2, 0.25) is 0 Å². The molecule has 130 valence electrons. The van der Waals surface area contributed by atoms with Crippen LogP contribution in [0.1, 0.15) is 29.3 Å². The van der Waals surface area contributed by atoms with E-state index in [0.717, 1.165) is 11.1 Å². The van der Waals surface area contributed by atoms with Gasteiger partial charge in [-0.1, -0.05) is 55.1 Å². The quantitative estimate of drug-likeness (QED) is 0.906. The number of amides is 1. The Kier molecular flexibility index (Phi) is 5.64. The summed E-state index contributed by atoms with van der Waals surface area (Å²) >= 11 is 0. The van der Waals surface area contributed by atoms with Crippen molar-refractivity contribution in [3.63, 3.8) is 0 Å². The van der Waals surface area contributed by atoms with Gasteiger partial charge in [0.15, 0.2) is 6.29 Å². The molecule has 0 aliphatic carbocycles. The highest BCUT2D eigenvalue weighted by Crippen LogP contribution is 2.23. The number of rotatable bonds is 5. The average Bonchev–Trinajstić information content (AvgIpc) is 2.65. The first-order valence-electron chi connectivity index (χ1n) is 8.49. The minimum atomic E-state index is -0.340. The lowest BCUT2D eigenvalue weighted by molar-refractivity contribution is -0.214. The zero-order valence-electron chi connectivity index (χ0n) is 14.4. The molecule has 1 heterocycles. The van der Waals surface area contributed by atoms with Crippen LogP contribution in [-0.2, 0) is 9.47 Å². The number of hydrogen-bond donors (Lipinski definition) is 1. The molecule has 0 radical (unpaired) electrons. The average molecular weight is 337 g/mol. The number of hydrogen-bond acceptors (Lipinski definition) is 3. The number of ether oxygens (including phenoxy) is 2. The minimum absolute atomic E-state index is 0.114. The maximum Gasteiger partial charge on any atom is 0.251 e. The summed E-state index contributed by atoms with van der Waals surface area (Å²) in [5.41, 5.74) is 2.70. The Morgan fingerprint density at radius 2 is 1.68 bits per heavy atom. The lowest BCUT2D eigenvalue weighted by Gasteiger charge is -2.35. The summed E-state index contributed by atoms with van der Waals surface area (Å²) in [6, 6.07) is 19.0. The molecule has 1 N–H and O–H groups in total. The van der Waals surface area contributed by atoms with Crippen LogP contribution in [0.3, 0.4) is 0 Å². The summed E-state index contributed by atoms with van der Waals surface area (Å²) in [5.74, 6) is -0.114. The smallest absolute Gasteiger partial charge is 0.251 e. The SMILES string of the molecule is C=C(C[C@@H]1OC[C@@H](NC(=O)c2ccccc2)[C@H](C)O1)c1ccccc1. The van der Waals surface area contributed by atoms with Crippen LogP contribution < -0.4 is 5.32 Å². The van der Waals surface area contributed by atoms with Gasteiger partial charge in [0.05, 0.1) is 18.8 Å². The third-order valence-electron chi connectivity index (χ3n) is 4.34. The van der Waals surface area contributed by atoms with Crippen molar-refractivity contribution >= 4 is 11.5 Å². The second-order valence-corrected chi connectivity index (χ2v) is 6.22. The molecule has 0 unspecified atom stereocenters. The van der Waals surface area contributed by atoms with Crippen molar-refractivity contribution in [1.82, 2.24) is 5.32 Å². The van der Waals surface area contributed by atoms with Crippen LogP contribution in [0, 0.1) is 0 Å². The Bertz CT molecular complexity index is 714. The van der Waals surface area contributed by atoms with Crippen molar-refractivity contribution in [1.29, 1.82) is 0 Å². The van der Waals surface area contributed by atoms with Crippen LogP contribution in [-0.4, -0.2) is 30.9 Å². The van der Waals surface area contributed by atoms with Crippen molar-refractivity contribution in [2.45, 2.75) is 31.8 Å². The fourth-order valence-electron chi connectivity index (χ4n) is 2.82. The molecule has 25 heavy (non-hydrogen) atoms. The van der Waals surface area contributed by atoms with Gasteiger partial charge in [-0.2, -0.15) is 0 Å². The molecule has 4 nitrogen and oxygen atoms in total. The highest BCUT2D eigenvalue weighted by Gasteiger charge is 2.30. The topological polar surface area (TPSA) is 47.6 Å². The van der Waals surface area contributed by atoms with Crippen LogP contribution >= 0.6 is 0 Å². The standard InChI is InChI=1S/C21H23NO3/c1-15(17-9-5-3-6-10-17)13-20-24-14-19(16(2)25-20)22-21(23)18-11-7-4-8-12-18/h3-12,16,19-20H,1,13-14H2,2H3,(H,22,23)/t16-,19+,20+/m0/s1. The highest BCUT2D eigenvalue weighted by atomic mass is 16.7. The molecule has 0 spiro atoms. The van der Waals surface area contributed by atoms with Gasteiger partial charge in [0.2, 0.25) is 0 Å². The Morgan fingerprint density at radius 1 is 1.08 bits per heavy atom. The predicted octanol–water partition coefficient (Wildman–Crippen LogP) is 3.65. The minimum Gasteiger partial charge on any atom is -0.350 e. The maximum atomic E-state index is 12.3. The van der Waals surface area contributed by atoms with Crippen LogP contribution in [0.4, 0.5) is 0 Å². The molecule has 0 saturated carbocycles. The Labute approximate surface area is 148 Å². The van der Waals surface area contributed by atoms with E-state index in [1.165, 1.54) is 0 Å². The van der Waals surface area contributed by atoms with Gasteiger partial charge in [0, 0.05) is 12.0 Å². The lowest BCUT2D eigenvalue weighted by Crippen LogP contribution is -2.52. The van der Waals surface area contributed by atoms with E-state index in [9.17, 15) is 4.79 Å². The number of carbonyl (C=O) groups excluding carboxylic acids is 1. The molecule has 0 bridgehead atoms. The van der Waals surface area contributed by atoms with E-state index < -0.39 is 0 Å². The number of benzene rings is 2. The molecule has 2 aromatic carbocycles. The molecule has 1 aliphatic rings. The molecule has 4 heteroatoms. The molecular weight excluding hydrogens is 314 g/mol. The van der Waals surface area contributed by atoms with Crippen LogP contribution in [0.25, 0.3) is 5.57 Å². The molecular formula is C21H23NO3. The Morgan fingerprint density at radius 3 is 2.28 bits per heavy atom. The molecule has 3 rings (SSSR count). The zero-order chi connectivity index (χ0) is 17.6. The van der Waals surface area contributed by atoms with Gasteiger partial charge >= 0.3 is 0 Å². The fourth-order valence-corrected chi connectivity index (χ4v) is 2.82. The van der Waals surface area contributed by atoms with Gasteiger partial charge < -0.3 is 14.8 Å². The summed E-state index contributed by atoms with van der Waals surface area (Å²) in [6.07, 6.45) is 0.135. The van der Waals surface area contributed by atoms with Crippen molar-refractivity contribution < 1.29 is 14.3 Å².